The summed E-state index contributed by atoms with van der Waals surface area (Å²) in [6.45, 7) is 4.00. The van der Waals surface area contributed by atoms with Crippen LogP contribution in [0.2, 0.25) is 0 Å². The molecule has 0 aliphatic heterocycles. The molecule has 13 rings (SSSR count). The standard InChI is InChI=1S/C64H40.C2H6.4CH4/c1-3-13-41(14-4-1)48-27-28-51-37-49(29-30-50(51)36-48)46-19-12-20-47(35-46)52-38-53(55-33-31-45-26-25-43-17-11-18-44-32-34-60(55)64(45)61(43)44)40-54(39-52)63-58-23-9-7-21-56(58)62(42-15-5-2-6-16-42)57-22-8-10-24-59(57)63;1-2;;;;/h1-40H;1-2H3;4*1H4. The summed E-state index contributed by atoms with van der Waals surface area (Å²) in [6.07, 6.45) is 0. The Morgan fingerprint density at radius 2 is 0.571 bits per heavy atom. The molecule has 0 saturated heterocycles. The van der Waals surface area contributed by atoms with Crippen molar-refractivity contribution in [2.45, 2.75) is 43.6 Å². The second-order valence-corrected chi connectivity index (χ2v) is 17.2. The Balaban J connectivity index is 0.00000108. The summed E-state index contributed by atoms with van der Waals surface area (Å²) in [7, 11) is 0. The Kier molecular flexibility index (Phi) is 13.8. The summed E-state index contributed by atoms with van der Waals surface area (Å²) < 4.78 is 0. The Labute approximate surface area is 415 Å². The highest BCUT2D eigenvalue weighted by Crippen LogP contribution is 2.47. The Morgan fingerprint density at radius 3 is 1.16 bits per heavy atom. The molecule has 0 nitrogen and oxygen atoms in total. The van der Waals surface area contributed by atoms with Crippen molar-refractivity contribution in [3.8, 4) is 66.8 Å². The van der Waals surface area contributed by atoms with E-state index < -0.39 is 0 Å². The Bertz CT molecular complexity index is 3860. The Morgan fingerprint density at radius 1 is 0.200 bits per heavy atom. The van der Waals surface area contributed by atoms with E-state index in [0.29, 0.717) is 0 Å². The van der Waals surface area contributed by atoms with Crippen LogP contribution in [0.25, 0.3) is 131 Å². The van der Waals surface area contributed by atoms with Crippen molar-refractivity contribution in [1.29, 1.82) is 0 Å². The first-order valence-corrected chi connectivity index (χ1v) is 23.2. The van der Waals surface area contributed by atoms with Crippen LogP contribution in [0, 0.1) is 0 Å². The minimum atomic E-state index is 0. The fourth-order valence-corrected chi connectivity index (χ4v) is 10.6. The molecular formula is C70H62. The molecule has 0 unspecified atom stereocenters. The molecule has 0 radical (unpaired) electrons. The maximum atomic E-state index is 2.45. The van der Waals surface area contributed by atoms with Gasteiger partial charge in [-0.2, -0.15) is 0 Å². The average molecular weight is 903 g/mol. The number of fused-ring (bicyclic) bond motifs is 3. The second kappa shape index (κ2) is 20.1. The molecule has 0 N–H and O–H groups in total. The van der Waals surface area contributed by atoms with Gasteiger partial charge in [-0.1, -0.05) is 250 Å². The van der Waals surface area contributed by atoms with Gasteiger partial charge in [0, 0.05) is 0 Å². The van der Waals surface area contributed by atoms with Gasteiger partial charge in [0.2, 0.25) is 0 Å². The lowest BCUT2D eigenvalue weighted by atomic mass is 9.83. The van der Waals surface area contributed by atoms with Crippen LogP contribution in [0.15, 0.2) is 243 Å². The number of benzene rings is 13. The van der Waals surface area contributed by atoms with E-state index in [4.69, 9.17) is 0 Å². The summed E-state index contributed by atoms with van der Waals surface area (Å²) in [4.78, 5) is 0. The minimum absolute atomic E-state index is 0. The van der Waals surface area contributed by atoms with Gasteiger partial charge in [-0.15, -0.1) is 0 Å². The molecular weight excluding hydrogens is 841 g/mol. The molecule has 0 amide bonds. The van der Waals surface area contributed by atoms with Gasteiger partial charge in [-0.3, -0.25) is 0 Å². The highest BCUT2D eigenvalue weighted by atomic mass is 14.2. The molecule has 0 fully saturated rings. The van der Waals surface area contributed by atoms with E-state index in [9.17, 15) is 0 Å². The molecule has 0 atom stereocenters. The topological polar surface area (TPSA) is 0 Å². The van der Waals surface area contributed by atoms with Crippen molar-refractivity contribution in [1.82, 2.24) is 0 Å². The summed E-state index contributed by atoms with van der Waals surface area (Å²) in [5, 5.41) is 15.3. The fraction of sp³-hybridized carbons (Fsp3) is 0.0857. The van der Waals surface area contributed by atoms with Crippen LogP contribution in [0.4, 0.5) is 0 Å². The summed E-state index contributed by atoms with van der Waals surface area (Å²) in [6, 6.07) is 90.1. The molecule has 0 aliphatic carbocycles. The third-order valence-electron chi connectivity index (χ3n) is 13.5. The van der Waals surface area contributed by atoms with Gasteiger partial charge >= 0.3 is 0 Å². The lowest BCUT2D eigenvalue weighted by Gasteiger charge is -2.20. The number of rotatable bonds is 6. The lowest BCUT2D eigenvalue weighted by Crippen LogP contribution is -1.93. The average Bonchev–Trinajstić information content (AvgIpc) is 3.40. The van der Waals surface area contributed by atoms with E-state index in [-0.39, 0.29) is 29.7 Å². The van der Waals surface area contributed by atoms with Crippen LogP contribution in [0.3, 0.4) is 0 Å². The summed E-state index contributed by atoms with van der Waals surface area (Å²) in [5.41, 5.74) is 14.7. The summed E-state index contributed by atoms with van der Waals surface area (Å²) in [5.74, 6) is 0. The lowest BCUT2D eigenvalue weighted by molar-refractivity contribution is 1.50. The number of hydrogen-bond acceptors (Lipinski definition) is 0. The Hall–Kier alpha value is -8.32. The zero-order chi connectivity index (χ0) is 44.1. The van der Waals surface area contributed by atoms with Crippen molar-refractivity contribution in [2.75, 3.05) is 0 Å². The quantitative estimate of drug-likeness (QED) is 0.115. The molecule has 13 aromatic carbocycles. The van der Waals surface area contributed by atoms with Crippen molar-refractivity contribution in [3.05, 3.63) is 243 Å². The van der Waals surface area contributed by atoms with Crippen LogP contribution in [-0.2, 0) is 0 Å². The molecule has 0 aliphatic rings. The minimum Gasteiger partial charge on any atom is -0.0776 e. The van der Waals surface area contributed by atoms with Crippen molar-refractivity contribution in [3.63, 3.8) is 0 Å². The van der Waals surface area contributed by atoms with Gasteiger partial charge in [0.25, 0.3) is 0 Å². The van der Waals surface area contributed by atoms with Gasteiger partial charge < -0.3 is 0 Å². The second-order valence-electron chi connectivity index (χ2n) is 17.2. The monoisotopic (exact) mass is 902 g/mol. The molecule has 0 heteroatoms. The SMILES string of the molecule is C.C.C.C.CC.c1ccc(-c2ccc3cc(-c4cccc(-c5cc(-c6c7ccccc7c(-c7ccccc7)c7ccccc67)cc(-c6ccc7ccc8cccc9ccc6c7c89)c5)c4)ccc3c2)cc1. The van der Waals surface area contributed by atoms with Crippen LogP contribution < -0.4 is 0 Å². The van der Waals surface area contributed by atoms with Crippen LogP contribution in [0.5, 0.6) is 0 Å². The molecule has 342 valence electrons. The van der Waals surface area contributed by atoms with E-state index in [1.54, 1.807) is 0 Å². The highest BCUT2D eigenvalue weighted by Gasteiger charge is 2.20. The van der Waals surface area contributed by atoms with Gasteiger partial charge in [-0.25, -0.2) is 0 Å². The summed E-state index contributed by atoms with van der Waals surface area (Å²) >= 11 is 0. The van der Waals surface area contributed by atoms with E-state index in [2.05, 4.69) is 243 Å². The van der Waals surface area contributed by atoms with E-state index in [0.717, 1.165) is 0 Å². The maximum absolute atomic E-state index is 2.45. The number of hydrogen-bond donors (Lipinski definition) is 0. The van der Waals surface area contributed by atoms with Gasteiger partial charge in [0.15, 0.2) is 0 Å². The van der Waals surface area contributed by atoms with Crippen LogP contribution in [-0.4, -0.2) is 0 Å². The van der Waals surface area contributed by atoms with Crippen molar-refractivity contribution >= 4 is 64.6 Å². The maximum Gasteiger partial charge on any atom is -0.00206 e. The zero-order valence-corrected chi connectivity index (χ0v) is 37.1. The van der Waals surface area contributed by atoms with E-state index >= 15 is 0 Å². The molecule has 13 aromatic rings. The van der Waals surface area contributed by atoms with Gasteiger partial charge in [-0.05, 0) is 168 Å². The smallest absolute Gasteiger partial charge is 0.00206 e. The van der Waals surface area contributed by atoms with Crippen LogP contribution >= 0.6 is 0 Å². The van der Waals surface area contributed by atoms with Gasteiger partial charge in [0.1, 0.15) is 0 Å². The third-order valence-corrected chi connectivity index (χ3v) is 13.5. The molecule has 0 bridgehead atoms. The molecule has 0 spiro atoms. The molecule has 0 aromatic heterocycles. The van der Waals surface area contributed by atoms with E-state index in [1.165, 1.54) is 131 Å². The first kappa shape index (κ1) is 48.1. The van der Waals surface area contributed by atoms with Gasteiger partial charge in [0.05, 0.1) is 0 Å². The van der Waals surface area contributed by atoms with Crippen molar-refractivity contribution in [2.24, 2.45) is 0 Å². The molecule has 0 heterocycles. The largest absolute Gasteiger partial charge is 0.0776 e. The van der Waals surface area contributed by atoms with Crippen molar-refractivity contribution < 1.29 is 0 Å². The third kappa shape index (κ3) is 8.16. The molecule has 0 saturated carbocycles. The first-order valence-electron chi connectivity index (χ1n) is 23.2. The molecule has 70 heavy (non-hydrogen) atoms. The highest BCUT2D eigenvalue weighted by molar-refractivity contribution is 6.26. The zero-order valence-electron chi connectivity index (χ0n) is 37.1. The van der Waals surface area contributed by atoms with Crippen LogP contribution in [0.1, 0.15) is 43.6 Å². The fourth-order valence-electron chi connectivity index (χ4n) is 10.6. The predicted octanol–water partition coefficient (Wildman–Crippen LogP) is 21.6. The van der Waals surface area contributed by atoms with E-state index in [1.807, 2.05) is 13.8 Å². The predicted molar refractivity (Wildman–Crippen MR) is 314 cm³/mol. The normalized spacial score (nSPS) is 10.8. The first-order chi connectivity index (χ1) is 32.7.